The Hall–Kier alpha value is -2.78. The summed E-state index contributed by atoms with van der Waals surface area (Å²) in [5, 5.41) is 12.0. The number of aliphatic hydroxyl groups excluding tert-OH is 1. The number of aryl methyl sites for hydroxylation is 1. The first-order valence-corrected chi connectivity index (χ1v) is 10.1. The molecule has 0 aliphatic carbocycles. The summed E-state index contributed by atoms with van der Waals surface area (Å²) in [6.45, 7) is 7.55. The summed E-state index contributed by atoms with van der Waals surface area (Å²) < 4.78 is 40.2. The van der Waals surface area contributed by atoms with Gasteiger partial charge in [0.2, 0.25) is 6.23 Å². The molecule has 2 N–H and O–H groups in total. The van der Waals surface area contributed by atoms with Gasteiger partial charge in [-0.15, -0.1) is 0 Å². The van der Waals surface area contributed by atoms with Gasteiger partial charge in [-0.3, -0.25) is 4.57 Å². The van der Waals surface area contributed by atoms with Crippen molar-refractivity contribution in [2.24, 2.45) is 0 Å². The van der Waals surface area contributed by atoms with Crippen LogP contribution in [0.3, 0.4) is 0 Å². The fraction of sp³-hybridized carbons (Fsp3) is 0.455. The Kier molecular flexibility index (Phi) is 5.35. The largest absolute Gasteiger partial charge is 0.488 e. The molecule has 0 radical (unpaired) electrons. The van der Waals surface area contributed by atoms with Gasteiger partial charge in [-0.2, -0.15) is 4.98 Å². The van der Waals surface area contributed by atoms with Crippen LogP contribution in [0.15, 0.2) is 41.8 Å². The number of nitrogens with one attached hydrogen (secondary N) is 1. The fourth-order valence-electron chi connectivity index (χ4n) is 3.85. The van der Waals surface area contributed by atoms with E-state index in [1.165, 1.54) is 12.3 Å². The molecule has 2 atom stereocenters. The van der Waals surface area contributed by atoms with E-state index >= 15 is 0 Å². The third-order valence-electron chi connectivity index (χ3n) is 5.54. The molecule has 1 aromatic carbocycles. The lowest BCUT2D eigenvalue weighted by Gasteiger charge is -2.32. The Bertz CT molecular complexity index is 1070. The Morgan fingerprint density at radius 1 is 1.39 bits per heavy atom. The molecular weight excluding hydrogens is 408 g/mol. The summed E-state index contributed by atoms with van der Waals surface area (Å²) in [4.78, 5) is 16.2. The van der Waals surface area contributed by atoms with Crippen LogP contribution >= 0.6 is 0 Å². The summed E-state index contributed by atoms with van der Waals surface area (Å²) in [5.74, 6) is -2.26. The van der Waals surface area contributed by atoms with E-state index in [9.17, 15) is 13.6 Å². The van der Waals surface area contributed by atoms with Crippen molar-refractivity contribution in [3.8, 4) is 5.75 Å². The van der Waals surface area contributed by atoms with Crippen molar-refractivity contribution in [2.75, 3.05) is 11.9 Å². The normalized spacial score (nSPS) is 23.6. The van der Waals surface area contributed by atoms with Gasteiger partial charge in [0, 0.05) is 18.3 Å². The molecule has 4 rings (SSSR count). The van der Waals surface area contributed by atoms with Crippen LogP contribution in [0.25, 0.3) is 5.70 Å². The van der Waals surface area contributed by atoms with Crippen molar-refractivity contribution in [3.63, 3.8) is 0 Å². The number of benzene rings is 1. The monoisotopic (exact) mass is 433 g/mol. The topological polar surface area (TPSA) is 85.6 Å². The van der Waals surface area contributed by atoms with Crippen LogP contribution in [0.1, 0.15) is 44.0 Å². The zero-order valence-electron chi connectivity index (χ0n) is 17.4. The lowest BCUT2D eigenvalue weighted by atomic mass is 9.93. The Morgan fingerprint density at radius 2 is 2.16 bits per heavy atom. The SMILES string of the molecule is C=C(Nc1ccn(C2OC(CO)CC2(F)F)c(=O)n1)c1ccc2c(c1)CCC(C)(C)O2. The molecule has 2 aliphatic rings. The van der Waals surface area contributed by atoms with E-state index in [1.54, 1.807) is 0 Å². The first-order chi connectivity index (χ1) is 14.6. The highest BCUT2D eigenvalue weighted by Crippen LogP contribution is 2.41. The predicted octanol–water partition coefficient (Wildman–Crippen LogP) is 3.34. The van der Waals surface area contributed by atoms with E-state index < -0.39 is 37.0 Å². The molecule has 9 heteroatoms. The highest BCUT2D eigenvalue weighted by Gasteiger charge is 2.51. The number of fused-ring (bicyclic) bond motifs is 1. The second-order valence-corrected chi connectivity index (χ2v) is 8.55. The van der Waals surface area contributed by atoms with E-state index in [0.717, 1.165) is 34.3 Å². The van der Waals surface area contributed by atoms with Crippen LogP contribution in [0.2, 0.25) is 0 Å². The maximum atomic E-state index is 14.2. The van der Waals surface area contributed by atoms with Crippen LogP contribution in [-0.4, -0.2) is 38.9 Å². The highest BCUT2D eigenvalue weighted by molar-refractivity contribution is 5.74. The third-order valence-corrected chi connectivity index (χ3v) is 5.54. The molecule has 0 amide bonds. The van der Waals surface area contributed by atoms with Crippen molar-refractivity contribution in [1.29, 1.82) is 0 Å². The number of rotatable bonds is 5. The summed E-state index contributed by atoms with van der Waals surface area (Å²) >= 11 is 0. The molecule has 0 spiro atoms. The smallest absolute Gasteiger partial charge is 0.351 e. The zero-order valence-corrected chi connectivity index (χ0v) is 17.4. The predicted molar refractivity (Wildman–Crippen MR) is 111 cm³/mol. The Balaban J connectivity index is 1.50. The van der Waals surface area contributed by atoms with E-state index in [1.807, 2.05) is 18.2 Å². The molecular formula is C22H25F2N3O4. The minimum Gasteiger partial charge on any atom is -0.488 e. The molecule has 0 saturated carbocycles. The Morgan fingerprint density at radius 3 is 2.84 bits per heavy atom. The molecule has 31 heavy (non-hydrogen) atoms. The molecule has 2 aromatic rings. The molecule has 3 heterocycles. The summed E-state index contributed by atoms with van der Waals surface area (Å²) in [6, 6.07) is 7.13. The van der Waals surface area contributed by atoms with Crippen LogP contribution < -0.4 is 15.7 Å². The number of nitrogens with zero attached hydrogens (tertiary/aromatic N) is 2. The first kappa shape index (κ1) is 21.5. The van der Waals surface area contributed by atoms with Gasteiger partial charge in [0.15, 0.2) is 0 Å². The molecule has 1 aromatic heterocycles. The van der Waals surface area contributed by atoms with Crippen molar-refractivity contribution < 1.29 is 23.4 Å². The minimum atomic E-state index is -3.28. The second kappa shape index (κ2) is 7.72. The molecule has 2 unspecified atom stereocenters. The molecule has 1 saturated heterocycles. The number of hydrogen-bond acceptors (Lipinski definition) is 6. The van der Waals surface area contributed by atoms with Crippen LogP contribution in [-0.2, 0) is 11.2 Å². The summed E-state index contributed by atoms with van der Waals surface area (Å²) in [5.41, 5.74) is 1.31. The Labute approximate surface area is 178 Å². The summed E-state index contributed by atoms with van der Waals surface area (Å²) in [7, 11) is 0. The van der Waals surface area contributed by atoms with E-state index in [0.29, 0.717) is 5.70 Å². The van der Waals surface area contributed by atoms with Gasteiger partial charge >= 0.3 is 5.69 Å². The third kappa shape index (κ3) is 4.33. The lowest BCUT2D eigenvalue weighted by Crippen LogP contribution is -2.35. The average Bonchev–Trinajstić information content (AvgIpc) is 3.01. The number of aromatic nitrogens is 2. The van der Waals surface area contributed by atoms with E-state index in [4.69, 9.17) is 14.6 Å². The number of halogens is 2. The molecule has 2 aliphatic heterocycles. The van der Waals surface area contributed by atoms with Gasteiger partial charge in [0.25, 0.3) is 5.92 Å². The quantitative estimate of drug-likeness (QED) is 0.752. The maximum absolute atomic E-state index is 14.2. The highest BCUT2D eigenvalue weighted by atomic mass is 19.3. The van der Waals surface area contributed by atoms with Gasteiger partial charge in [-0.25, -0.2) is 13.6 Å². The molecule has 0 bridgehead atoms. The van der Waals surface area contributed by atoms with Crippen LogP contribution in [0, 0.1) is 0 Å². The number of ether oxygens (including phenoxy) is 2. The van der Waals surface area contributed by atoms with E-state index in [2.05, 4.69) is 30.7 Å². The van der Waals surface area contributed by atoms with Gasteiger partial charge in [0.1, 0.15) is 17.2 Å². The number of aliphatic hydroxyl groups is 1. The van der Waals surface area contributed by atoms with Crippen LogP contribution in [0.4, 0.5) is 14.6 Å². The second-order valence-electron chi connectivity index (χ2n) is 8.55. The molecule has 1 fully saturated rings. The fourth-order valence-corrected chi connectivity index (χ4v) is 3.85. The zero-order chi connectivity index (χ0) is 22.4. The number of anilines is 1. The van der Waals surface area contributed by atoms with Crippen molar-refractivity contribution in [2.45, 2.75) is 57.0 Å². The molecule has 7 nitrogen and oxygen atoms in total. The standard InChI is InChI=1S/C22H25F2N3O4/c1-13(14-4-5-17-15(10-14)6-8-21(2,3)31-17)25-18-7-9-27(20(29)26-18)19-22(23,24)11-16(12-28)30-19/h4-5,7,9-10,16,19,28H,1,6,8,11-12H2,2-3H3,(H,25,26,29). The lowest BCUT2D eigenvalue weighted by molar-refractivity contribution is -0.120. The number of alkyl halides is 2. The minimum absolute atomic E-state index is 0.182. The number of hydrogen-bond donors (Lipinski definition) is 2. The van der Waals surface area contributed by atoms with Crippen molar-refractivity contribution in [1.82, 2.24) is 9.55 Å². The van der Waals surface area contributed by atoms with Gasteiger partial charge in [-0.1, -0.05) is 6.58 Å². The molecule has 166 valence electrons. The van der Waals surface area contributed by atoms with Crippen LogP contribution in [0.5, 0.6) is 5.75 Å². The van der Waals surface area contributed by atoms with Gasteiger partial charge in [0.05, 0.1) is 12.7 Å². The van der Waals surface area contributed by atoms with Crippen molar-refractivity contribution >= 4 is 11.5 Å². The average molecular weight is 433 g/mol. The first-order valence-electron chi connectivity index (χ1n) is 10.1. The van der Waals surface area contributed by atoms with Gasteiger partial charge < -0.3 is 19.9 Å². The summed E-state index contributed by atoms with van der Waals surface area (Å²) in [6.07, 6.45) is -0.506. The van der Waals surface area contributed by atoms with Crippen molar-refractivity contribution in [3.05, 3.63) is 58.7 Å². The maximum Gasteiger partial charge on any atom is 0.351 e. The van der Waals surface area contributed by atoms with Gasteiger partial charge in [-0.05, 0) is 62.1 Å². The van der Waals surface area contributed by atoms with E-state index in [-0.39, 0.29) is 11.4 Å².